The third-order valence-electron chi connectivity index (χ3n) is 4.10. The predicted molar refractivity (Wildman–Crippen MR) is 91.7 cm³/mol. The minimum absolute atomic E-state index is 0.211. The van der Waals surface area contributed by atoms with Gasteiger partial charge in [-0.3, -0.25) is 4.79 Å². The largest absolute Gasteiger partial charge is 0.444 e. The van der Waals surface area contributed by atoms with E-state index in [9.17, 15) is 9.59 Å². The van der Waals surface area contributed by atoms with Crippen LogP contribution in [0.4, 0.5) is 0 Å². The van der Waals surface area contributed by atoms with Gasteiger partial charge in [0.15, 0.2) is 0 Å². The van der Waals surface area contributed by atoms with Gasteiger partial charge in [0.2, 0.25) is 6.10 Å². The summed E-state index contributed by atoms with van der Waals surface area (Å²) in [5, 5.41) is 2.92. The van der Waals surface area contributed by atoms with Crippen LogP contribution in [0.5, 0.6) is 0 Å². The summed E-state index contributed by atoms with van der Waals surface area (Å²) in [6.07, 6.45) is 1.04. The Morgan fingerprint density at radius 1 is 1.08 bits per heavy atom. The summed E-state index contributed by atoms with van der Waals surface area (Å²) in [7, 11) is 0. The average Bonchev–Trinajstić information content (AvgIpc) is 3.39. The van der Waals surface area contributed by atoms with Gasteiger partial charge in [0.25, 0.3) is 5.91 Å². The lowest BCUT2D eigenvalue weighted by Gasteiger charge is -2.18. The molecular formula is C20H21NO3. The smallest absolute Gasteiger partial charge is 0.339 e. The molecule has 1 atom stereocenters. The summed E-state index contributed by atoms with van der Waals surface area (Å²) in [5.41, 5.74) is 2.98. The standard InChI is InChI=1S/C20H21NO3/c1-13-8-9-14(2)17(12-13)20(23)24-18(15-6-4-3-5-7-15)19(22)21-16-10-11-16/h3-9,12,16,18H,10-11H2,1-2H3,(H,21,22). The highest BCUT2D eigenvalue weighted by Gasteiger charge is 2.31. The number of carbonyl (C=O) groups excluding carboxylic acids is 2. The van der Waals surface area contributed by atoms with E-state index in [1.807, 2.05) is 44.2 Å². The Hall–Kier alpha value is -2.62. The summed E-state index contributed by atoms with van der Waals surface area (Å²) in [5.74, 6) is -0.738. The Bertz CT molecular complexity index is 751. The fraction of sp³-hybridized carbons (Fsp3) is 0.300. The van der Waals surface area contributed by atoms with Crippen molar-refractivity contribution in [1.82, 2.24) is 5.32 Å². The van der Waals surface area contributed by atoms with Crippen molar-refractivity contribution in [2.75, 3.05) is 0 Å². The van der Waals surface area contributed by atoms with E-state index >= 15 is 0 Å². The highest BCUT2D eigenvalue weighted by atomic mass is 16.5. The van der Waals surface area contributed by atoms with Gasteiger partial charge in [0.05, 0.1) is 5.56 Å². The average molecular weight is 323 g/mol. The summed E-state index contributed by atoms with van der Waals surface area (Å²) in [4.78, 5) is 25.1. The zero-order valence-corrected chi connectivity index (χ0v) is 13.9. The molecule has 0 radical (unpaired) electrons. The number of ether oxygens (including phenoxy) is 1. The van der Waals surface area contributed by atoms with Gasteiger partial charge in [0.1, 0.15) is 0 Å². The van der Waals surface area contributed by atoms with E-state index in [-0.39, 0.29) is 11.9 Å². The maximum atomic E-state index is 12.6. The molecule has 0 heterocycles. The minimum atomic E-state index is -0.931. The summed E-state index contributed by atoms with van der Waals surface area (Å²) in [6, 6.07) is 15.0. The van der Waals surface area contributed by atoms with E-state index < -0.39 is 12.1 Å². The number of rotatable bonds is 5. The monoisotopic (exact) mass is 323 g/mol. The molecule has 4 heteroatoms. The first-order chi connectivity index (χ1) is 11.5. The van der Waals surface area contributed by atoms with Crippen LogP contribution in [0.3, 0.4) is 0 Å². The quantitative estimate of drug-likeness (QED) is 0.857. The zero-order chi connectivity index (χ0) is 17.1. The maximum absolute atomic E-state index is 12.6. The van der Waals surface area contributed by atoms with Gasteiger partial charge in [-0.05, 0) is 38.3 Å². The topological polar surface area (TPSA) is 55.4 Å². The first-order valence-electron chi connectivity index (χ1n) is 8.18. The Morgan fingerprint density at radius 2 is 1.79 bits per heavy atom. The van der Waals surface area contributed by atoms with Crippen LogP contribution in [0.1, 0.15) is 46.0 Å². The van der Waals surface area contributed by atoms with Crippen LogP contribution in [0.2, 0.25) is 0 Å². The number of amides is 1. The maximum Gasteiger partial charge on any atom is 0.339 e. The molecule has 2 aromatic rings. The normalized spacial score (nSPS) is 14.8. The summed E-state index contributed by atoms with van der Waals surface area (Å²) >= 11 is 0. The van der Waals surface area contributed by atoms with Crippen molar-refractivity contribution in [2.45, 2.75) is 38.8 Å². The molecule has 4 nitrogen and oxygen atoms in total. The Labute approximate surface area is 141 Å². The number of hydrogen-bond donors (Lipinski definition) is 1. The van der Waals surface area contributed by atoms with E-state index in [1.165, 1.54) is 0 Å². The molecule has 3 rings (SSSR count). The van der Waals surface area contributed by atoms with E-state index in [0.29, 0.717) is 11.1 Å². The summed E-state index contributed by atoms with van der Waals surface area (Å²) < 4.78 is 5.60. The zero-order valence-electron chi connectivity index (χ0n) is 13.9. The van der Waals surface area contributed by atoms with Gasteiger partial charge >= 0.3 is 5.97 Å². The molecule has 1 aliphatic rings. The van der Waals surface area contributed by atoms with E-state index in [2.05, 4.69) is 5.32 Å². The molecule has 24 heavy (non-hydrogen) atoms. The second-order valence-electron chi connectivity index (χ2n) is 6.30. The predicted octanol–water partition coefficient (Wildman–Crippen LogP) is 3.48. The Kier molecular flexibility index (Phi) is 4.65. The summed E-state index contributed by atoms with van der Waals surface area (Å²) in [6.45, 7) is 3.78. The highest BCUT2D eigenvalue weighted by molar-refractivity contribution is 5.94. The van der Waals surface area contributed by atoms with Gasteiger partial charge in [-0.1, -0.05) is 48.0 Å². The molecule has 0 saturated heterocycles. The van der Waals surface area contributed by atoms with Crippen LogP contribution in [0.25, 0.3) is 0 Å². The van der Waals surface area contributed by atoms with Gasteiger partial charge < -0.3 is 10.1 Å². The molecule has 124 valence electrons. The third-order valence-corrected chi connectivity index (χ3v) is 4.10. The number of aryl methyl sites for hydroxylation is 2. The van der Waals surface area contributed by atoms with Crippen molar-refractivity contribution < 1.29 is 14.3 Å². The van der Waals surface area contributed by atoms with E-state index in [1.54, 1.807) is 18.2 Å². The van der Waals surface area contributed by atoms with Crippen molar-refractivity contribution in [3.63, 3.8) is 0 Å². The van der Waals surface area contributed by atoms with E-state index in [4.69, 9.17) is 4.74 Å². The van der Waals surface area contributed by atoms with Crippen LogP contribution in [0, 0.1) is 13.8 Å². The number of nitrogens with one attached hydrogen (secondary N) is 1. The molecule has 1 saturated carbocycles. The minimum Gasteiger partial charge on any atom is -0.444 e. The molecule has 0 aromatic heterocycles. The van der Waals surface area contributed by atoms with Crippen molar-refractivity contribution in [3.05, 3.63) is 70.8 Å². The molecule has 0 aliphatic heterocycles. The number of hydrogen-bond acceptors (Lipinski definition) is 3. The SMILES string of the molecule is Cc1ccc(C)c(C(=O)OC(C(=O)NC2CC2)c2ccccc2)c1. The number of carbonyl (C=O) groups is 2. The third kappa shape index (κ3) is 3.82. The fourth-order valence-corrected chi connectivity index (χ4v) is 2.53. The van der Waals surface area contributed by atoms with Crippen LogP contribution < -0.4 is 5.32 Å². The van der Waals surface area contributed by atoms with Crippen molar-refractivity contribution in [2.24, 2.45) is 0 Å². The van der Waals surface area contributed by atoms with Crippen LogP contribution >= 0.6 is 0 Å². The Morgan fingerprint density at radius 3 is 2.46 bits per heavy atom. The van der Waals surface area contributed by atoms with Crippen molar-refractivity contribution in [1.29, 1.82) is 0 Å². The molecule has 1 unspecified atom stereocenters. The second-order valence-corrected chi connectivity index (χ2v) is 6.30. The molecule has 1 amide bonds. The first-order valence-corrected chi connectivity index (χ1v) is 8.18. The second kappa shape index (κ2) is 6.87. The van der Waals surface area contributed by atoms with Crippen LogP contribution in [-0.4, -0.2) is 17.9 Å². The lowest BCUT2D eigenvalue weighted by atomic mass is 10.1. The number of benzene rings is 2. The highest BCUT2D eigenvalue weighted by Crippen LogP contribution is 2.24. The molecule has 2 aromatic carbocycles. The van der Waals surface area contributed by atoms with Crippen LogP contribution in [-0.2, 0) is 9.53 Å². The molecule has 1 fully saturated rings. The van der Waals surface area contributed by atoms with E-state index in [0.717, 1.165) is 24.0 Å². The van der Waals surface area contributed by atoms with Gasteiger partial charge in [0, 0.05) is 11.6 Å². The molecule has 0 spiro atoms. The lowest BCUT2D eigenvalue weighted by molar-refractivity contribution is -0.130. The number of esters is 1. The molecule has 1 N–H and O–H groups in total. The molecule has 1 aliphatic carbocycles. The van der Waals surface area contributed by atoms with Gasteiger partial charge in [-0.15, -0.1) is 0 Å². The fourth-order valence-electron chi connectivity index (χ4n) is 2.53. The Balaban J connectivity index is 1.84. The van der Waals surface area contributed by atoms with Crippen LogP contribution in [0.15, 0.2) is 48.5 Å². The van der Waals surface area contributed by atoms with Gasteiger partial charge in [-0.25, -0.2) is 4.79 Å². The van der Waals surface area contributed by atoms with Gasteiger partial charge in [-0.2, -0.15) is 0 Å². The lowest BCUT2D eigenvalue weighted by Crippen LogP contribution is -2.33. The van der Waals surface area contributed by atoms with Crippen molar-refractivity contribution >= 4 is 11.9 Å². The molecule has 0 bridgehead atoms. The first kappa shape index (κ1) is 16.2. The van der Waals surface area contributed by atoms with Crippen molar-refractivity contribution in [3.8, 4) is 0 Å². The molecular weight excluding hydrogens is 302 g/mol.